The first kappa shape index (κ1) is 25.1. The molecular formula is C28H40ClNO2. The summed E-state index contributed by atoms with van der Waals surface area (Å²) < 4.78 is 5.92. The van der Waals surface area contributed by atoms with Gasteiger partial charge in [0.1, 0.15) is 5.75 Å². The van der Waals surface area contributed by atoms with Crippen molar-refractivity contribution in [2.45, 2.75) is 77.4 Å². The molecule has 0 aliphatic carbocycles. The summed E-state index contributed by atoms with van der Waals surface area (Å²) in [6.45, 7) is 5.77. The Morgan fingerprint density at radius 2 is 1.72 bits per heavy atom. The van der Waals surface area contributed by atoms with E-state index in [-0.39, 0.29) is 12.0 Å². The molecule has 1 aliphatic rings. The Hall–Kier alpha value is -1.55. The molecule has 0 bridgehead atoms. The summed E-state index contributed by atoms with van der Waals surface area (Å²) in [6, 6.07) is 16.7. The number of hydrogen-bond donors (Lipinski definition) is 1. The van der Waals surface area contributed by atoms with Crippen LogP contribution in [0.4, 0.5) is 0 Å². The molecule has 1 aliphatic heterocycles. The predicted molar refractivity (Wildman–Crippen MR) is 134 cm³/mol. The van der Waals surface area contributed by atoms with Gasteiger partial charge in [-0.15, -0.1) is 0 Å². The zero-order valence-corrected chi connectivity index (χ0v) is 20.4. The number of hydrogen-bond acceptors (Lipinski definition) is 3. The molecule has 2 aromatic carbocycles. The fraction of sp³-hybridized carbons (Fsp3) is 0.571. The molecule has 4 heteroatoms. The number of piperidine rings is 1. The Morgan fingerprint density at radius 1 is 0.969 bits per heavy atom. The summed E-state index contributed by atoms with van der Waals surface area (Å²) in [6.07, 6.45) is 10.3. The summed E-state index contributed by atoms with van der Waals surface area (Å²) >= 11 is 6.52. The van der Waals surface area contributed by atoms with Crippen LogP contribution < -0.4 is 4.74 Å². The molecule has 1 fully saturated rings. The van der Waals surface area contributed by atoms with Crippen molar-refractivity contribution in [3.63, 3.8) is 0 Å². The minimum Gasteiger partial charge on any atom is -0.492 e. The lowest BCUT2D eigenvalue weighted by atomic mass is 9.88. The third kappa shape index (κ3) is 8.42. The van der Waals surface area contributed by atoms with E-state index in [2.05, 4.69) is 48.2 Å². The number of halogens is 1. The Morgan fingerprint density at radius 3 is 2.47 bits per heavy atom. The average molecular weight is 458 g/mol. The molecule has 1 heterocycles. The van der Waals surface area contributed by atoms with Gasteiger partial charge in [-0.1, -0.05) is 93.4 Å². The molecule has 0 aromatic heterocycles. The lowest BCUT2D eigenvalue weighted by molar-refractivity contribution is 0.0239. The molecule has 1 saturated heterocycles. The first-order valence-corrected chi connectivity index (χ1v) is 12.9. The molecule has 0 amide bonds. The minimum atomic E-state index is -0.256. The van der Waals surface area contributed by atoms with Crippen LogP contribution in [0.25, 0.3) is 0 Å². The van der Waals surface area contributed by atoms with Crippen LogP contribution in [-0.4, -0.2) is 35.8 Å². The lowest BCUT2D eigenvalue weighted by Crippen LogP contribution is -2.43. The maximum Gasteiger partial charge on any atom is 0.137 e. The van der Waals surface area contributed by atoms with E-state index >= 15 is 0 Å². The summed E-state index contributed by atoms with van der Waals surface area (Å²) in [4.78, 5) is 2.45. The first-order valence-electron chi connectivity index (χ1n) is 12.5. The Kier molecular flexibility index (Phi) is 10.9. The number of aliphatic hydroxyl groups is 1. The third-order valence-corrected chi connectivity index (χ3v) is 6.82. The van der Waals surface area contributed by atoms with Gasteiger partial charge in [-0.05, 0) is 42.5 Å². The van der Waals surface area contributed by atoms with Crippen LogP contribution in [0.5, 0.6) is 5.75 Å². The molecular weight excluding hydrogens is 418 g/mol. The van der Waals surface area contributed by atoms with Crippen molar-refractivity contribution in [1.82, 2.24) is 4.90 Å². The van der Waals surface area contributed by atoms with Crippen molar-refractivity contribution in [3.8, 4) is 5.75 Å². The van der Waals surface area contributed by atoms with Gasteiger partial charge in [-0.25, -0.2) is 0 Å². The number of benzene rings is 2. The van der Waals surface area contributed by atoms with E-state index in [9.17, 15) is 5.11 Å². The number of ether oxygens (including phenoxy) is 1. The summed E-state index contributed by atoms with van der Waals surface area (Å²) in [5, 5.41) is 11.3. The van der Waals surface area contributed by atoms with E-state index < -0.39 is 0 Å². The summed E-state index contributed by atoms with van der Waals surface area (Å²) in [7, 11) is 0. The fourth-order valence-electron chi connectivity index (χ4n) is 4.61. The molecule has 2 unspecified atom stereocenters. The Balaban J connectivity index is 1.43. The van der Waals surface area contributed by atoms with E-state index in [0.29, 0.717) is 5.02 Å². The maximum absolute atomic E-state index is 10.6. The van der Waals surface area contributed by atoms with Crippen molar-refractivity contribution < 1.29 is 9.84 Å². The molecule has 2 atom stereocenters. The highest BCUT2D eigenvalue weighted by atomic mass is 35.5. The van der Waals surface area contributed by atoms with Crippen molar-refractivity contribution in [2.75, 3.05) is 19.7 Å². The minimum absolute atomic E-state index is 0.225. The number of likely N-dealkylation sites (tertiary alicyclic amines) is 1. The maximum atomic E-state index is 10.6. The van der Waals surface area contributed by atoms with Gasteiger partial charge in [0.05, 0.1) is 17.7 Å². The zero-order valence-electron chi connectivity index (χ0n) is 19.6. The topological polar surface area (TPSA) is 32.7 Å². The second kappa shape index (κ2) is 13.9. The number of unbranched alkanes of at least 4 members (excludes halogenated alkanes) is 6. The molecule has 3 nitrogen and oxygen atoms in total. The molecule has 176 valence electrons. The van der Waals surface area contributed by atoms with Crippen LogP contribution in [0.2, 0.25) is 5.02 Å². The molecule has 32 heavy (non-hydrogen) atoms. The van der Waals surface area contributed by atoms with Crippen LogP contribution in [0.1, 0.15) is 69.4 Å². The van der Waals surface area contributed by atoms with Gasteiger partial charge in [0.15, 0.2) is 0 Å². The van der Waals surface area contributed by atoms with E-state index in [1.165, 1.54) is 49.7 Å². The fourth-order valence-corrected chi connectivity index (χ4v) is 4.87. The van der Waals surface area contributed by atoms with E-state index in [1.54, 1.807) is 0 Å². The summed E-state index contributed by atoms with van der Waals surface area (Å²) in [5.41, 5.74) is 2.50. The lowest BCUT2D eigenvalue weighted by Gasteiger charge is -2.36. The normalized spacial score (nSPS) is 19.2. The molecule has 3 rings (SSSR count). The van der Waals surface area contributed by atoms with Gasteiger partial charge in [0.2, 0.25) is 0 Å². The van der Waals surface area contributed by atoms with Gasteiger partial charge in [-0.2, -0.15) is 0 Å². The number of nitrogens with zero attached hydrogens (tertiary/aromatic N) is 1. The number of rotatable bonds is 13. The first-order chi connectivity index (χ1) is 15.7. The van der Waals surface area contributed by atoms with Crippen molar-refractivity contribution in [2.24, 2.45) is 5.92 Å². The Bertz CT molecular complexity index is 782. The van der Waals surface area contributed by atoms with Crippen LogP contribution in [0, 0.1) is 5.92 Å². The van der Waals surface area contributed by atoms with Gasteiger partial charge >= 0.3 is 0 Å². The number of aliphatic hydroxyl groups excluding tert-OH is 1. The average Bonchev–Trinajstić information content (AvgIpc) is 2.80. The molecule has 0 spiro atoms. The smallest absolute Gasteiger partial charge is 0.137 e. The van der Waals surface area contributed by atoms with Gasteiger partial charge < -0.3 is 9.84 Å². The Labute approximate surface area is 199 Å². The van der Waals surface area contributed by atoms with E-state index in [1.807, 2.05) is 12.1 Å². The standard InChI is InChI=1S/C28H40ClNO2/c1-2-3-4-5-6-7-11-18-32-28-15-14-24(20-26(28)29)19-25-22-30(17-16-27(25)31)21-23-12-9-8-10-13-23/h8-10,12-15,20,25,27,31H,2-7,11,16-19,21-22H2,1H3. The molecule has 2 aromatic rings. The van der Waals surface area contributed by atoms with Crippen molar-refractivity contribution >= 4 is 11.6 Å². The largest absolute Gasteiger partial charge is 0.492 e. The second-order valence-electron chi connectivity index (χ2n) is 9.28. The predicted octanol–water partition coefficient (Wildman–Crippen LogP) is 6.89. The molecule has 0 radical (unpaired) electrons. The van der Waals surface area contributed by atoms with Gasteiger partial charge in [0.25, 0.3) is 0 Å². The molecule has 0 saturated carbocycles. The monoisotopic (exact) mass is 457 g/mol. The van der Waals surface area contributed by atoms with Crippen LogP contribution in [0.3, 0.4) is 0 Å². The van der Waals surface area contributed by atoms with E-state index in [0.717, 1.165) is 51.3 Å². The SMILES string of the molecule is CCCCCCCCCOc1ccc(CC2CN(Cc3ccccc3)CCC2O)cc1Cl. The molecule has 1 N–H and O–H groups in total. The van der Waals surface area contributed by atoms with Gasteiger partial charge in [0, 0.05) is 25.6 Å². The van der Waals surface area contributed by atoms with Crippen LogP contribution >= 0.6 is 11.6 Å². The van der Waals surface area contributed by atoms with Crippen LogP contribution in [-0.2, 0) is 13.0 Å². The highest BCUT2D eigenvalue weighted by molar-refractivity contribution is 6.32. The second-order valence-corrected chi connectivity index (χ2v) is 9.68. The quantitative estimate of drug-likeness (QED) is 0.332. The third-order valence-electron chi connectivity index (χ3n) is 6.53. The van der Waals surface area contributed by atoms with Crippen molar-refractivity contribution in [1.29, 1.82) is 0 Å². The highest BCUT2D eigenvalue weighted by Gasteiger charge is 2.28. The highest BCUT2D eigenvalue weighted by Crippen LogP contribution is 2.29. The summed E-state index contributed by atoms with van der Waals surface area (Å²) in [5.74, 6) is 0.999. The van der Waals surface area contributed by atoms with Crippen LogP contribution in [0.15, 0.2) is 48.5 Å². The van der Waals surface area contributed by atoms with Gasteiger partial charge in [-0.3, -0.25) is 4.90 Å². The zero-order chi connectivity index (χ0) is 22.6. The van der Waals surface area contributed by atoms with E-state index in [4.69, 9.17) is 16.3 Å². The van der Waals surface area contributed by atoms with Crippen molar-refractivity contribution in [3.05, 3.63) is 64.7 Å².